The van der Waals surface area contributed by atoms with Gasteiger partial charge in [0.05, 0.1) is 11.4 Å². The molecule has 1 saturated heterocycles. The van der Waals surface area contributed by atoms with Crippen molar-refractivity contribution in [1.82, 2.24) is 9.80 Å². The summed E-state index contributed by atoms with van der Waals surface area (Å²) in [5.74, 6) is -0.710. The molecule has 1 aromatic heterocycles. The molecule has 1 N–H and O–H groups in total. The second-order valence-electron chi connectivity index (χ2n) is 6.33. The van der Waals surface area contributed by atoms with Crippen LogP contribution in [0.1, 0.15) is 28.9 Å². The van der Waals surface area contributed by atoms with Crippen molar-refractivity contribution in [3.05, 3.63) is 35.2 Å². The quantitative estimate of drug-likeness (QED) is 0.925. The molecule has 3 rings (SSSR count). The number of hydrogen-bond acceptors (Lipinski definition) is 4. The van der Waals surface area contributed by atoms with E-state index < -0.39 is 5.97 Å². The van der Waals surface area contributed by atoms with Crippen molar-refractivity contribution in [3.63, 3.8) is 0 Å². The number of rotatable bonds is 4. The highest BCUT2D eigenvalue weighted by atomic mass is 32.1. The molecule has 1 fully saturated rings. The lowest BCUT2D eigenvalue weighted by Gasteiger charge is -2.25. The maximum atomic E-state index is 12.8. The number of aliphatic carboxylic acids is 1. The molecule has 6 heteroatoms. The summed E-state index contributed by atoms with van der Waals surface area (Å²) in [7, 11) is 1.85. The van der Waals surface area contributed by atoms with E-state index in [9.17, 15) is 9.59 Å². The molecule has 1 aromatic carbocycles. The minimum atomic E-state index is -0.806. The summed E-state index contributed by atoms with van der Waals surface area (Å²) in [6, 6.07) is 10.2. The first-order valence-electron chi connectivity index (χ1n) is 8.24. The molecule has 2 heterocycles. The Morgan fingerprint density at radius 3 is 2.83 bits per heavy atom. The lowest BCUT2D eigenvalue weighted by molar-refractivity contribution is -0.138. The third-order valence-corrected chi connectivity index (χ3v) is 5.73. The zero-order valence-corrected chi connectivity index (χ0v) is 14.6. The van der Waals surface area contributed by atoms with E-state index in [1.807, 2.05) is 47.2 Å². The van der Waals surface area contributed by atoms with Crippen LogP contribution < -0.4 is 0 Å². The maximum Gasteiger partial charge on any atom is 0.317 e. The number of likely N-dealkylation sites (tertiary alicyclic amines) is 1. The van der Waals surface area contributed by atoms with Crippen molar-refractivity contribution >= 4 is 33.3 Å². The number of carbonyl (C=O) groups is 2. The number of carbonyl (C=O) groups excluding carboxylic acids is 1. The largest absolute Gasteiger partial charge is 0.480 e. The lowest BCUT2D eigenvalue weighted by atomic mass is 10.1. The van der Waals surface area contributed by atoms with E-state index in [1.54, 1.807) is 11.3 Å². The number of nitrogens with zero attached hydrogens (tertiary/aromatic N) is 2. The molecule has 0 bridgehead atoms. The SMILES string of the molecule is CN(CC(=O)O)C1CCCN(C(=O)c2cc3ccccc3s2)CC1. The van der Waals surface area contributed by atoms with Crippen LogP contribution in [0.15, 0.2) is 30.3 Å². The van der Waals surface area contributed by atoms with Gasteiger partial charge < -0.3 is 10.0 Å². The van der Waals surface area contributed by atoms with Gasteiger partial charge in [-0.1, -0.05) is 18.2 Å². The number of carboxylic acid groups (broad SMARTS) is 1. The Kier molecular flexibility index (Phi) is 5.16. The number of thiophene rings is 1. The van der Waals surface area contributed by atoms with Crippen LogP contribution in [0.5, 0.6) is 0 Å². The molecule has 1 amide bonds. The Morgan fingerprint density at radius 1 is 1.29 bits per heavy atom. The fourth-order valence-electron chi connectivity index (χ4n) is 3.31. The van der Waals surface area contributed by atoms with Gasteiger partial charge in [0.15, 0.2) is 0 Å². The van der Waals surface area contributed by atoms with Gasteiger partial charge in [-0.3, -0.25) is 14.5 Å². The van der Waals surface area contributed by atoms with Crippen LogP contribution in [0.2, 0.25) is 0 Å². The minimum absolute atomic E-state index is 0.0505. The first-order chi connectivity index (χ1) is 11.5. The summed E-state index contributed by atoms with van der Waals surface area (Å²) in [6.45, 7) is 1.47. The number of carboxylic acids is 1. The summed E-state index contributed by atoms with van der Waals surface area (Å²) < 4.78 is 1.13. The van der Waals surface area contributed by atoms with E-state index >= 15 is 0 Å². The number of likely N-dealkylation sites (N-methyl/N-ethyl adjacent to an activating group) is 1. The van der Waals surface area contributed by atoms with Gasteiger partial charge in [-0.25, -0.2) is 0 Å². The van der Waals surface area contributed by atoms with E-state index in [0.29, 0.717) is 6.54 Å². The van der Waals surface area contributed by atoms with Crippen LogP contribution >= 0.6 is 11.3 Å². The molecule has 0 aliphatic carbocycles. The number of benzene rings is 1. The summed E-state index contributed by atoms with van der Waals surface area (Å²) >= 11 is 1.54. The predicted molar refractivity (Wildman–Crippen MR) is 95.6 cm³/mol. The second-order valence-corrected chi connectivity index (χ2v) is 7.42. The van der Waals surface area contributed by atoms with Crippen LogP contribution in [0, 0.1) is 0 Å². The van der Waals surface area contributed by atoms with Gasteiger partial charge in [-0.2, -0.15) is 0 Å². The molecule has 0 saturated carbocycles. The fraction of sp³-hybridized carbons (Fsp3) is 0.444. The third-order valence-electron chi connectivity index (χ3n) is 4.63. The highest BCUT2D eigenvalue weighted by Crippen LogP contribution is 2.27. The molecule has 1 unspecified atom stereocenters. The normalized spacial score (nSPS) is 18.8. The maximum absolute atomic E-state index is 12.8. The van der Waals surface area contributed by atoms with Crippen molar-refractivity contribution in [2.75, 3.05) is 26.7 Å². The van der Waals surface area contributed by atoms with E-state index in [4.69, 9.17) is 5.11 Å². The molecule has 128 valence electrons. The Labute approximate surface area is 145 Å². The van der Waals surface area contributed by atoms with E-state index in [1.165, 1.54) is 0 Å². The smallest absolute Gasteiger partial charge is 0.317 e. The molecule has 0 spiro atoms. The average Bonchev–Trinajstić information content (AvgIpc) is 2.82. The fourth-order valence-corrected chi connectivity index (χ4v) is 4.34. The summed E-state index contributed by atoms with van der Waals surface area (Å²) in [5, 5.41) is 10.0. The minimum Gasteiger partial charge on any atom is -0.480 e. The highest BCUT2D eigenvalue weighted by Gasteiger charge is 2.25. The number of hydrogen-bond donors (Lipinski definition) is 1. The van der Waals surface area contributed by atoms with Gasteiger partial charge in [0.1, 0.15) is 0 Å². The summed E-state index contributed by atoms with van der Waals surface area (Å²) in [5.41, 5.74) is 0. The molecular formula is C18H22N2O3S. The topological polar surface area (TPSA) is 60.9 Å². The zero-order valence-electron chi connectivity index (χ0n) is 13.8. The van der Waals surface area contributed by atoms with Crippen molar-refractivity contribution in [2.24, 2.45) is 0 Å². The van der Waals surface area contributed by atoms with Gasteiger partial charge in [0.2, 0.25) is 0 Å². The van der Waals surface area contributed by atoms with Gasteiger partial charge in [-0.15, -0.1) is 11.3 Å². The van der Waals surface area contributed by atoms with Gasteiger partial charge in [-0.05, 0) is 43.8 Å². The Balaban J connectivity index is 1.67. The van der Waals surface area contributed by atoms with Gasteiger partial charge >= 0.3 is 5.97 Å². The van der Waals surface area contributed by atoms with Crippen molar-refractivity contribution in [3.8, 4) is 0 Å². The monoisotopic (exact) mass is 346 g/mol. The molecule has 0 radical (unpaired) electrons. The van der Waals surface area contributed by atoms with Crippen LogP contribution in [0.4, 0.5) is 0 Å². The average molecular weight is 346 g/mol. The van der Waals surface area contributed by atoms with E-state index in [0.717, 1.165) is 40.8 Å². The summed E-state index contributed by atoms with van der Waals surface area (Å²) in [6.07, 6.45) is 2.66. The molecular weight excluding hydrogens is 324 g/mol. The first kappa shape index (κ1) is 16.9. The Bertz CT molecular complexity index is 710. The van der Waals surface area contributed by atoms with E-state index in [-0.39, 0.29) is 18.5 Å². The zero-order chi connectivity index (χ0) is 17.1. The van der Waals surface area contributed by atoms with Gasteiger partial charge in [0, 0.05) is 23.8 Å². The number of fused-ring (bicyclic) bond motifs is 1. The standard InChI is InChI=1S/C18H22N2O3S/c1-19(12-17(21)22)14-6-4-9-20(10-8-14)18(23)16-11-13-5-2-3-7-15(13)24-16/h2-3,5,7,11,14H,4,6,8-10,12H2,1H3,(H,21,22). The van der Waals surface area contributed by atoms with Crippen LogP contribution in [-0.2, 0) is 4.79 Å². The van der Waals surface area contributed by atoms with E-state index in [2.05, 4.69) is 0 Å². The molecule has 24 heavy (non-hydrogen) atoms. The molecule has 2 aromatic rings. The number of amides is 1. The first-order valence-corrected chi connectivity index (χ1v) is 9.06. The molecule has 5 nitrogen and oxygen atoms in total. The second kappa shape index (κ2) is 7.32. The van der Waals surface area contributed by atoms with Crippen LogP contribution in [0.25, 0.3) is 10.1 Å². The van der Waals surface area contributed by atoms with Gasteiger partial charge in [0.25, 0.3) is 5.91 Å². The molecule has 1 aliphatic heterocycles. The molecule has 1 aliphatic rings. The van der Waals surface area contributed by atoms with Crippen molar-refractivity contribution < 1.29 is 14.7 Å². The van der Waals surface area contributed by atoms with Crippen molar-refractivity contribution in [2.45, 2.75) is 25.3 Å². The third kappa shape index (κ3) is 3.76. The van der Waals surface area contributed by atoms with Crippen LogP contribution in [-0.4, -0.2) is 59.5 Å². The predicted octanol–water partition coefficient (Wildman–Crippen LogP) is 2.91. The van der Waals surface area contributed by atoms with Crippen LogP contribution in [0.3, 0.4) is 0 Å². The summed E-state index contributed by atoms with van der Waals surface area (Å²) in [4.78, 5) is 28.3. The molecule has 1 atom stereocenters. The Morgan fingerprint density at radius 2 is 2.08 bits per heavy atom. The highest BCUT2D eigenvalue weighted by molar-refractivity contribution is 7.20. The van der Waals surface area contributed by atoms with Crippen molar-refractivity contribution in [1.29, 1.82) is 0 Å². The Hall–Kier alpha value is -1.92. The lowest BCUT2D eigenvalue weighted by Crippen LogP contribution is -2.37.